The van der Waals surface area contributed by atoms with E-state index < -0.39 is 9.84 Å². The summed E-state index contributed by atoms with van der Waals surface area (Å²) in [6.45, 7) is 0. The van der Waals surface area contributed by atoms with Crippen molar-refractivity contribution in [1.82, 2.24) is 0 Å². The molecule has 3 fully saturated rings. The number of nitrogens with zero attached hydrogens (tertiary/aromatic N) is 2. The Balaban J connectivity index is 1.58. The molecule has 0 N–H and O–H groups in total. The smallest absolute Gasteiger partial charge is 0.248 e. The second-order valence-corrected chi connectivity index (χ2v) is 11.2. The molecule has 152 valence electrons. The highest BCUT2D eigenvalue weighted by Gasteiger charge is 2.49. The van der Waals surface area contributed by atoms with Crippen molar-refractivity contribution in [3.8, 4) is 5.75 Å². The highest BCUT2D eigenvalue weighted by Crippen LogP contribution is 2.41. The van der Waals surface area contributed by atoms with Crippen LogP contribution in [0.1, 0.15) is 38.5 Å². The lowest BCUT2D eigenvalue weighted by molar-refractivity contribution is -0.118. The van der Waals surface area contributed by atoms with Crippen molar-refractivity contribution in [1.29, 1.82) is 0 Å². The molecule has 1 aliphatic carbocycles. The number of amides is 1. The van der Waals surface area contributed by atoms with Crippen molar-refractivity contribution in [2.45, 2.75) is 49.8 Å². The van der Waals surface area contributed by atoms with Gasteiger partial charge in [0.05, 0.1) is 24.7 Å². The van der Waals surface area contributed by atoms with Gasteiger partial charge in [0.15, 0.2) is 15.0 Å². The summed E-state index contributed by atoms with van der Waals surface area (Å²) < 4.78 is 29.5. The van der Waals surface area contributed by atoms with Crippen LogP contribution in [-0.2, 0) is 14.6 Å². The lowest BCUT2D eigenvalue weighted by Gasteiger charge is -2.25. The van der Waals surface area contributed by atoms with Crippen LogP contribution in [0, 0.1) is 5.92 Å². The van der Waals surface area contributed by atoms with Crippen molar-refractivity contribution in [3.63, 3.8) is 0 Å². The van der Waals surface area contributed by atoms with Gasteiger partial charge < -0.3 is 9.64 Å². The van der Waals surface area contributed by atoms with Gasteiger partial charge >= 0.3 is 0 Å². The number of hydrogen-bond donors (Lipinski definition) is 0. The van der Waals surface area contributed by atoms with Crippen molar-refractivity contribution < 1.29 is 17.9 Å². The second kappa shape index (κ2) is 8.06. The molecule has 28 heavy (non-hydrogen) atoms. The summed E-state index contributed by atoms with van der Waals surface area (Å²) >= 11 is 1.43. The zero-order valence-corrected chi connectivity index (χ0v) is 17.7. The van der Waals surface area contributed by atoms with E-state index in [-0.39, 0.29) is 28.7 Å². The van der Waals surface area contributed by atoms with Crippen molar-refractivity contribution >= 4 is 38.4 Å². The minimum absolute atomic E-state index is 0.0756. The number of anilines is 1. The Morgan fingerprint density at radius 3 is 2.57 bits per heavy atom. The molecule has 0 radical (unpaired) electrons. The molecule has 0 spiro atoms. The molecule has 0 unspecified atom stereocenters. The number of amidine groups is 1. The molecular formula is C20H26N2O4S2. The van der Waals surface area contributed by atoms with Gasteiger partial charge in [-0.3, -0.25) is 4.79 Å². The van der Waals surface area contributed by atoms with E-state index in [2.05, 4.69) is 4.99 Å². The topological polar surface area (TPSA) is 76.0 Å². The van der Waals surface area contributed by atoms with Crippen LogP contribution in [0.2, 0.25) is 0 Å². The fourth-order valence-corrected chi connectivity index (χ4v) is 8.33. The van der Waals surface area contributed by atoms with Gasteiger partial charge in [0, 0.05) is 17.4 Å². The van der Waals surface area contributed by atoms with Gasteiger partial charge in [0.1, 0.15) is 5.75 Å². The maximum absolute atomic E-state index is 12.6. The largest absolute Gasteiger partial charge is 0.497 e. The first-order valence-corrected chi connectivity index (χ1v) is 12.6. The molecule has 1 aromatic rings. The summed E-state index contributed by atoms with van der Waals surface area (Å²) in [4.78, 5) is 19.0. The average Bonchev–Trinajstić information content (AvgIpc) is 3.13. The first-order valence-electron chi connectivity index (χ1n) is 9.87. The zero-order chi connectivity index (χ0) is 19.7. The van der Waals surface area contributed by atoms with Gasteiger partial charge in [-0.15, -0.1) is 0 Å². The summed E-state index contributed by atoms with van der Waals surface area (Å²) in [6, 6.07) is 7.31. The van der Waals surface area contributed by atoms with Crippen LogP contribution >= 0.6 is 11.8 Å². The molecular weight excluding hydrogens is 396 g/mol. The Hall–Kier alpha value is -1.54. The number of carbonyl (C=O) groups is 1. The fourth-order valence-electron chi connectivity index (χ4n) is 4.40. The predicted octanol–water partition coefficient (Wildman–Crippen LogP) is 3.27. The Bertz CT molecular complexity index is 861. The van der Waals surface area contributed by atoms with Crippen LogP contribution in [-0.4, -0.2) is 49.4 Å². The van der Waals surface area contributed by atoms with Crippen LogP contribution in [0.3, 0.4) is 0 Å². The monoisotopic (exact) mass is 422 g/mol. The van der Waals surface area contributed by atoms with Gasteiger partial charge in [-0.25, -0.2) is 8.42 Å². The zero-order valence-electron chi connectivity index (χ0n) is 16.0. The van der Waals surface area contributed by atoms with Crippen molar-refractivity contribution in [2.75, 3.05) is 23.5 Å². The molecule has 1 saturated carbocycles. The molecule has 0 bridgehead atoms. The van der Waals surface area contributed by atoms with E-state index in [9.17, 15) is 13.2 Å². The number of ether oxygens (including phenoxy) is 1. The molecule has 0 aromatic heterocycles. The third-order valence-corrected chi connectivity index (χ3v) is 9.04. The maximum Gasteiger partial charge on any atom is 0.248 e. The van der Waals surface area contributed by atoms with Crippen LogP contribution in [0.5, 0.6) is 5.75 Å². The second-order valence-electron chi connectivity index (χ2n) is 7.86. The quantitative estimate of drug-likeness (QED) is 0.741. The van der Waals surface area contributed by atoms with Gasteiger partial charge in [-0.2, -0.15) is 4.99 Å². The molecule has 1 aromatic carbocycles. The average molecular weight is 423 g/mol. The van der Waals surface area contributed by atoms with Crippen LogP contribution in [0.15, 0.2) is 29.3 Å². The third-order valence-electron chi connectivity index (χ3n) is 5.83. The third kappa shape index (κ3) is 4.22. The number of aliphatic imine (C=N–C) groups is 1. The molecule has 8 heteroatoms. The number of hydrogen-bond acceptors (Lipinski definition) is 5. The minimum Gasteiger partial charge on any atom is -0.497 e. The van der Waals surface area contributed by atoms with Crippen LogP contribution in [0.4, 0.5) is 5.69 Å². The van der Waals surface area contributed by atoms with Gasteiger partial charge in [-0.05, 0) is 43.0 Å². The Kier molecular flexibility index (Phi) is 5.69. The summed E-state index contributed by atoms with van der Waals surface area (Å²) in [6.07, 6.45) is 6.36. The SMILES string of the molecule is COc1ccc(N2C(=NC(=O)CC3CCCCC3)S[C@H]3CS(=O)(=O)C[C@H]32)cc1. The van der Waals surface area contributed by atoms with Crippen molar-refractivity contribution in [3.05, 3.63) is 24.3 Å². The van der Waals surface area contributed by atoms with E-state index in [0.717, 1.165) is 24.3 Å². The van der Waals surface area contributed by atoms with E-state index >= 15 is 0 Å². The summed E-state index contributed by atoms with van der Waals surface area (Å²) in [5.74, 6) is 1.33. The number of methoxy groups -OCH3 is 1. The van der Waals surface area contributed by atoms with Crippen LogP contribution in [0.25, 0.3) is 0 Å². The summed E-state index contributed by atoms with van der Waals surface area (Å²) in [5.41, 5.74) is 0.849. The van der Waals surface area contributed by atoms with E-state index in [1.165, 1.54) is 31.0 Å². The number of carbonyl (C=O) groups excluding carboxylic acids is 1. The van der Waals surface area contributed by atoms with Crippen molar-refractivity contribution in [2.24, 2.45) is 10.9 Å². The Morgan fingerprint density at radius 2 is 1.89 bits per heavy atom. The highest BCUT2D eigenvalue weighted by atomic mass is 32.2. The van der Waals surface area contributed by atoms with E-state index in [1.807, 2.05) is 29.2 Å². The molecule has 2 aliphatic heterocycles. The molecule has 3 aliphatic rings. The molecule has 2 saturated heterocycles. The Labute approximate surface area is 170 Å². The van der Waals surface area contributed by atoms with Gasteiger partial charge in [0.2, 0.25) is 5.91 Å². The molecule has 1 amide bonds. The maximum atomic E-state index is 12.6. The molecule has 2 atom stereocenters. The lowest BCUT2D eigenvalue weighted by Crippen LogP contribution is -2.37. The summed E-state index contributed by atoms with van der Waals surface area (Å²) in [5, 5.41) is 0.559. The number of benzene rings is 1. The van der Waals surface area contributed by atoms with E-state index in [1.54, 1.807) is 7.11 Å². The fraction of sp³-hybridized carbons (Fsp3) is 0.600. The number of fused-ring (bicyclic) bond motifs is 1. The molecule has 4 rings (SSSR count). The van der Waals surface area contributed by atoms with Gasteiger partial charge in [-0.1, -0.05) is 31.0 Å². The Morgan fingerprint density at radius 1 is 1.18 bits per heavy atom. The number of rotatable bonds is 4. The molecule has 6 nitrogen and oxygen atoms in total. The number of thioether (sulfide) groups is 1. The first kappa shape index (κ1) is 19.8. The lowest BCUT2D eigenvalue weighted by atomic mass is 9.87. The van der Waals surface area contributed by atoms with E-state index in [0.29, 0.717) is 17.5 Å². The minimum atomic E-state index is -3.06. The van der Waals surface area contributed by atoms with Crippen LogP contribution < -0.4 is 9.64 Å². The van der Waals surface area contributed by atoms with Gasteiger partial charge in [0.25, 0.3) is 0 Å². The summed E-state index contributed by atoms with van der Waals surface area (Å²) in [7, 11) is -1.45. The normalized spacial score (nSPS) is 28.5. The molecule has 2 heterocycles. The van der Waals surface area contributed by atoms with E-state index in [4.69, 9.17) is 4.74 Å². The standard InChI is InChI=1S/C20H26N2O4S2/c1-26-16-9-7-15(8-10-16)22-17-12-28(24,25)13-18(17)27-20(22)21-19(23)11-14-5-3-2-4-6-14/h7-10,14,17-18H,2-6,11-13H2,1H3/t17-,18+/m1/s1. The first-order chi connectivity index (χ1) is 13.4. The highest BCUT2D eigenvalue weighted by molar-refractivity contribution is 8.16. The number of sulfone groups is 1. The predicted molar refractivity (Wildman–Crippen MR) is 113 cm³/mol.